The van der Waals surface area contributed by atoms with E-state index >= 15 is 0 Å². The molecule has 0 aliphatic rings. The molecule has 0 unspecified atom stereocenters. The Morgan fingerprint density at radius 1 is 1.21 bits per heavy atom. The molecular formula is C19H19BrN2O2. The summed E-state index contributed by atoms with van der Waals surface area (Å²) in [5, 5.41) is 3.93. The van der Waals surface area contributed by atoms with Gasteiger partial charge in [-0.1, -0.05) is 52.3 Å². The number of hydrazone groups is 1. The second kappa shape index (κ2) is 9.03. The van der Waals surface area contributed by atoms with Crippen LogP contribution in [0.15, 0.2) is 64.2 Å². The predicted molar refractivity (Wildman–Crippen MR) is 101 cm³/mol. The van der Waals surface area contributed by atoms with Crippen LogP contribution in [0.1, 0.15) is 29.8 Å². The lowest BCUT2D eigenvalue weighted by atomic mass is 10.2. The van der Waals surface area contributed by atoms with Gasteiger partial charge in [-0.3, -0.25) is 4.79 Å². The van der Waals surface area contributed by atoms with Gasteiger partial charge in [0.2, 0.25) is 0 Å². The van der Waals surface area contributed by atoms with E-state index in [1.165, 1.54) is 6.21 Å². The molecule has 2 aromatic carbocycles. The number of carbonyl (C=O) groups excluding carboxylic acids is 1. The van der Waals surface area contributed by atoms with E-state index in [4.69, 9.17) is 4.74 Å². The fraction of sp³-hybridized carbons (Fsp3) is 0.158. The highest BCUT2D eigenvalue weighted by Crippen LogP contribution is 2.24. The summed E-state index contributed by atoms with van der Waals surface area (Å²) in [6.45, 7) is 3.83. The first kappa shape index (κ1) is 17.9. The molecule has 0 fully saturated rings. The Hall–Kier alpha value is -2.40. The van der Waals surface area contributed by atoms with Gasteiger partial charge in [-0.05, 0) is 43.7 Å². The number of ether oxygens (including phenoxy) is 1. The highest BCUT2D eigenvalue weighted by Gasteiger charge is 2.13. The third kappa shape index (κ3) is 5.66. The van der Waals surface area contributed by atoms with E-state index in [0.717, 1.165) is 10.0 Å². The summed E-state index contributed by atoms with van der Waals surface area (Å²) in [5.74, 6) is 0.206. The van der Waals surface area contributed by atoms with Crippen molar-refractivity contribution in [2.45, 2.75) is 20.0 Å². The minimum atomic E-state index is -0.323. The maximum atomic E-state index is 12.3. The zero-order valence-electron chi connectivity index (χ0n) is 13.6. The van der Waals surface area contributed by atoms with E-state index in [2.05, 4.69) is 26.5 Å². The van der Waals surface area contributed by atoms with E-state index in [0.29, 0.717) is 11.3 Å². The number of rotatable bonds is 6. The van der Waals surface area contributed by atoms with Crippen LogP contribution in [-0.2, 0) is 0 Å². The molecular weight excluding hydrogens is 368 g/mol. The van der Waals surface area contributed by atoms with Crippen LogP contribution in [0, 0.1) is 0 Å². The van der Waals surface area contributed by atoms with Crippen molar-refractivity contribution >= 4 is 34.1 Å². The maximum Gasteiger partial charge on any atom is 0.275 e. The van der Waals surface area contributed by atoms with Crippen molar-refractivity contribution in [2.24, 2.45) is 5.10 Å². The molecule has 0 saturated heterocycles. The second-order valence-corrected chi connectivity index (χ2v) is 6.21. The van der Waals surface area contributed by atoms with Crippen molar-refractivity contribution in [1.29, 1.82) is 0 Å². The number of nitrogens with zero attached hydrogens (tertiary/aromatic N) is 1. The molecule has 0 radical (unpaired) electrons. The SMILES string of the molecule is CC(C)Oc1ccc(Br)cc1C(=O)NN=CC=Cc1ccccc1. The van der Waals surface area contributed by atoms with E-state index in [9.17, 15) is 4.79 Å². The van der Waals surface area contributed by atoms with Crippen LogP contribution in [0.2, 0.25) is 0 Å². The third-order valence-corrected chi connectivity index (χ3v) is 3.46. The maximum absolute atomic E-state index is 12.3. The van der Waals surface area contributed by atoms with Crippen LogP contribution in [0.4, 0.5) is 0 Å². The van der Waals surface area contributed by atoms with Crippen LogP contribution in [0.5, 0.6) is 5.75 Å². The quantitative estimate of drug-likeness (QED) is 0.579. The van der Waals surface area contributed by atoms with E-state index in [-0.39, 0.29) is 12.0 Å². The molecule has 0 aromatic heterocycles. The zero-order valence-corrected chi connectivity index (χ0v) is 15.2. The minimum absolute atomic E-state index is 0.0185. The van der Waals surface area contributed by atoms with Gasteiger partial charge in [0.25, 0.3) is 5.91 Å². The topological polar surface area (TPSA) is 50.7 Å². The van der Waals surface area contributed by atoms with Gasteiger partial charge < -0.3 is 4.74 Å². The van der Waals surface area contributed by atoms with Gasteiger partial charge in [0, 0.05) is 10.7 Å². The molecule has 1 N–H and O–H groups in total. The summed E-state index contributed by atoms with van der Waals surface area (Å²) in [4.78, 5) is 12.3. The highest BCUT2D eigenvalue weighted by atomic mass is 79.9. The number of hydrogen-bond donors (Lipinski definition) is 1. The fourth-order valence-electron chi connectivity index (χ4n) is 1.95. The summed E-state index contributed by atoms with van der Waals surface area (Å²) in [7, 11) is 0. The van der Waals surface area contributed by atoms with Crippen LogP contribution in [0.3, 0.4) is 0 Å². The van der Waals surface area contributed by atoms with Gasteiger partial charge >= 0.3 is 0 Å². The smallest absolute Gasteiger partial charge is 0.275 e. The van der Waals surface area contributed by atoms with E-state index < -0.39 is 0 Å². The first-order valence-electron chi connectivity index (χ1n) is 7.57. The van der Waals surface area contributed by atoms with Crippen molar-refractivity contribution in [3.8, 4) is 5.75 Å². The molecule has 0 bridgehead atoms. The van der Waals surface area contributed by atoms with Crippen molar-refractivity contribution in [2.75, 3.05) is 0 Å². The molecule has 0 aliphatic heterocycles. The highest BCUT2D eigenvalue weighted by molar-refractivity contribution is 9.10. The zero-order chi connectivity index (χ0) is 17.4. The van der Waals surface area contributed by atoms with Crippen LogP contribution in [-0.4, -0.2) is 18.2 Å². The molecule has 0 saturated carbocycles. The van der Waals surface area contributed by atoms with Gasteiger partial charge in [0.15, 0.2) is 0 Å². The van der Waals surface area contributed by atoms with Crippen LogP contribution < -0.4 is 10.2 Å². The Morgan fingerprint density at radius 3 is 2.67 bits per heavy atom. The number of benzene rings is 2. The first-order valence-corrected chi connectivity index (χ1v) is 8.37. The fourth-order valence-corrected chi connectivity index (χ4v) is 2.31. The third-order valence-electron chi connectivity index (χ3n) is 2.96. The molecule has 0 heterocycles. The van der Waals surface area contributed by atoms with Crippen molar-refractivity contribution < 1.29 is 9.53 Å². The number of nitrogens with one attached hydrogen (secondary N) is 1. The van der Waals surface area contributed by atoms with Gasteiger partial charge in [-0.15, -0.1) is 0 Å². The normalized spacial score (nSPS) is 11.3. The Kier molecular flexibility index (Phi) is 6.75. The number of halogens is 1. The summed E-state index contributed by atoms with van der Waals surface area (Å²) in [5.41, 5.74) is 4.00. The molecule has 0 atom stereocenters. The second-order valence-electron chi connectivity index (χ2n) is 5.30. The van der Waals surface area contributed by atoms with Gasteiger partial charge in [-0.2, -0.15) is 5.10 Å². The van der Waals surface area contributed by atoms with Crippen molar-refractivity contribution in [3.05, 3.63) is 70.2 Å². The van der Waals surface area contributed by atoms with Crippen molar-refractivity contribution in [3.63, 3.8) is 0 Å². The summed E-state index contributed by atoms with van der Waals surface area (Å²) < 4.78 is 6.46. The van der Waals surface area contributed by atoms with E-state index in [1.54, 1.807) is 18.2 Å². The largest absolute Gasteiger partial charge is 0.490 e. The number of amides is 1. The van der Waals surface area contributed by atoms with Gasteiger partial charge in [-0.25, -0.2) is 5.43 Å². The molecule has 5 heteroatoms. The van der Waals surface area contributed by atoms with Crippen molar-refractivity contribution in [1.82, 2.24) is 5.43 Å². The summed E-state index contributed by atoms with van der Waals surface area (Å²) in [6, 6.07) is 15.2. The van der Waals surface area contributed by atoms with Crippen LogP contribution >= 0.6 is 15.9 Å². The molecule has 2 aromatic rings. The number of hydrogen-bond acceptors (Lipinski definition) is 3. The minimum Gasteiger partial charge on any atom is -0.490 e. The molecule has 24 heavy (non-hydrogen) atoms. The lowest BCUT2D eigenvalue weighted by molar-refractivity contribution is 0.0949. The van der Waals surface area contributed by atoms with E-state index in [1.807, 2.05) is 56.3 Å². The summed E-state index contributed by atoms with van der Waals surface area (Å²) >= 11 is 3.36. The van der Waals surface area contributed by atoms with Crippen LogP contribution in [0.25, 0.3) is 6.08 Å². The lowest BCUT2D eigenvalue weighted by Crippen LogP contribution is -2.19. The Morgan fingerprint density at radius 2 is 1.96 bits per heavy atom. The van der Waals surface area contributed by atoms with Gasteiger partial charge in [0.05, 0.1) is 11.7 Å². The average Bonchev–Trinajstić information content (AvgIpc) is 2.56. The molecule has 0 spiro atoms. The molecule has 4 nitrogen and oxygen atoms in total. The standard InChI is InChI=1S/C19H19BrN2O2/c1-14(2)24-18-11-10-16(20)13-17(18)19(23)22-21-12-6-9-15-7-4-3-5-8-15/h3-14H,1-2H3,(H,22,23). The monoisotopic (exact) mass is 386 g/mol. The average molecular weight is 387 g/mol. The van der Waals surface area contributed by atoms with Gasteiger partial charge in [0.1, 0.15) is 5.75 Å². The Labute approximate surface area is 150 Å². The Bertz CT molecular complexity index is 740. The molecule has 1 amide bonds. The number of carbonyl (C=O) groups is 1. The predicted octanol–water partition coefficient (Wildman–Crippen LogP) is 4.67. The molecule has 124 valence electrons. The number of allylic oxidation sites excluding steroid dienone is 1. The Balaban J connectivity index is 2.00. The molecule has 2 rings (SSSR count). The molecule has 0 aliphatic carbocycles. The summed E-state index contributed by atoms with van der Waals surface area (Å²) in [6.07, 6.45) is 5.19. The first-order chi connectivity index (χ1) is 11.6. The lowest BCUT2D eigenvalue weighted by Gasteiger charge is -2.13.